The van der Waals surface area contributed by atoms with Crippen molar-refractivity contribution >= 4 is 23.2 Å². The molecule has 5 heteroatoms. The van der Waals surface area contributed by atoms with Crippen LogP contribution >= 0.6 is 11.6 Å². The topological polar surface area (TPSA) is 35.6 Å². The molecule has 1 N–H and O–H groups in total. The molecule has 1 fully saturated rings. The van der Waals surface area contributed by atoms with E-state index in [0.29, 0.717) is 17.3 Å². The molecular formula is C21H26ClN3O. The number of rotatable bonds is 5. The number of nitrogens with zero attached hydrogens (tertiary/aromatic N) is 2. The van der Waals surface area contributed by atoms with Crippen molar-refractivity contribution < 1.29 is 4.79 Å². The quantitative estimate of drug-likeness (QED) is 0.870. The van der Waals surface area contributed by atoms with Crippen LogP contribution in [0.15, 0.2) is 42.5 Å². The van der Waals surface area contributed by atoms with Gasteiger partial charge in [0.1, 0.15) is 0 Å². The highest BCUT2D eigenvalue weighted by atomic mass is 35.5. The lowest BCUT2D eigenvalue weighted by molar-refractivity contribution is -0.117. The first-order valence-electron chi connectivity index (χ1n) is 9.06. The van der Waals surface area contributed by atoms with E-state index in [4.69, 9.17) is 11.6 Å². The molecule has 3 rings (SSSR count). The third-order valence-corrected chi connectivity index (χ3v) is 5.20. The Morgan fingerprint density at radius 2 is 1.73 bits per heavy atom. The van der Waals surface area contributed by atoms with Gasteiger partial charge < -0.3 is 5.32 Å². The van der Waals surface area contributed by atoms with Gasteiger partial charge in [-0.25, -0.2) is 0 Å². The van der Waals surface area contributed by atoms with Gasteiger partial charge >= 0.3 is 0 Å². The van der Waals surface area contributed by atoms with Crippen LogP contribution in [0.2, 0.25) is 5.02 Å². The van der Waals surface area contributed by atoms with Crippen LogP contribution < -0.4 is 5.32 Å². The van der Waals surface area contributed by atoms with Gasteiger partial charge in [0.2, 0.25) is 5.91 Å². The number of halogens is 1. The summed E-state index contributed by atoms with van der Waals surface area (Å²) >= 11 is 6.19. The third kappa shape index (κ3) is 5.07. The lowest BCUT2D eigenvalue weighted by Gasteiger charge is -2.34. The van der Waals surface area contributed by atoms with E-state index in [1.165, 1.54) is 11.1 Å². The molecule has 1 heterocycles. The van der Waals surface area contributed by atoms with E-state index < -0.39 is 0 Å². The standard InChI is InChI=1S/C21H26ClN3O/c1-16-7-8-20(19(22)13-16)23-21(26)15-25-11-9-24(10-12-25)14-18-6-4-3-5-17(18)2/h3-8,13H,9-12,14-15H2,1-2H3,(H,23,26). The second-order valence-electron chi connectivity index (χ2n) is 7.01. The van der Waals surface area contributed by atoms with E-state index in [1.807, 2.05) is 25.1 Å². The molecule has 0 unspecified atom stereocenters. The first-order valence-corrected chi connectivity index (χ1v) is 9.44. The molecule has 138 valence electrons. The molecular weight excluding hydrogens is 346 g/mol. The molecule has 1 aliphatic heterocycles. The highest BCUT2D eigenvalue weighted by Gasteiger charge is 2.19. The number of anilines is 1. The number of hydrogen-bond acceptors (Lipinski definition) is 3. The lowest BCUT2D eigenvalue weighted by Crippen LogP contribution is -2.48. The highest BCUT2D eigenvalue weighted by Crippen LogP contribution is 2.22. The van der Waals surface area contributed by atoms with Gasteiger partial charge in [-0.3, -0.25) is 14.6 Å². The van der Waals surface area contributed by atoms with Crippen LogP contribution in [0.1, 0.15) is 16.7 Å². The molecule has 0 atom stereocenters. The van der Waals surface area contributed by atoms with Crippen molar-refractivity contribution in [2.75, 3.05) is 38.0 Å². The number of hydrogen-bond donors (Lipinski definition) is 1. The average molecular weight is 372 g/mol. The van der Waals surface area contributed by atoms with Crippen molar-refractivity contribution in [3.05, 3.63) is 64.2 Å². The number of amides is 1. The Morgan fingerprint density at radius 3 is 2.42 bits per heavy atom. The summed E-state index contributed by atoms with van der Waals surface area (Å²) in [6, 6.07) is 14.2. The predicted molar refractivity (Wildman–Crippen MR) is 108 cm³/mol. The van der Waals surface area contributed by atoms with Gasteiger partial charge in [-0.1, -0.05) is 41.9 Å². The van der Waals surface area contributed by atoms with Crippen LogP contribution in [0.25, 0.3) is 0 Å². The molecule has 0 saturated carbocycles. The van der Waals surface area contributed by atoms with Gasteiger partial charge in [0.05, 0.1) is 17.3 Å². The van der Waals surface area contributed by atoms with Crippen molar-refractivity contribution in [2.24, 2.45) is 0 Å². The number of benzene rings is 2. The normalized spacial score (nSPS) is 15.8. The smallest absolute Gasteiger partial charge is 0.238 e. The summed E-state index contributed by atoms with van der Waals surface area (Å²) in [7, 11) is 0. The summed E-state index contributed by atoms with van der Waals surface area (Å²) in [6.45, 7) is 9.29. The van der Waals surface area contributed by atoms with E-state index in [2.05, 4.69) is 46.3 Å². The molecule has 1 aliphatic rings. The SMILES string of the molecule is Cc1ccc(NC(=O)CN2CCN(Cc3ccccc3C)CC2)c(Cl)c1. The van der Waals surface area contributed by atoms with E-state index in [0.717, 1.165) is 38.3 Å². The van der Waals surface area contributed by atoms with Crippen molar-refractivity contribution in [2.45, 2.75) is 20.4 Å². The van der Waals surface area contributed by atoms with Gasteiger partial charge in [0, 0.05) is 32.7 Å². The molecule has 0 aliphatic carbocycles. The van der Waals surface area contributed by atoms with Crippen LogP contribution in [-0.2, 0) is 11.3 Å². The Bertz CT molecular complexity index is 770. The summed E-state index contributed by atoms with van der Waals surface area (Å²) in [5.41, 5.74) is 4.48. The number of carbonyl (C=O) groups is 1. The zero-order valence-corrected chi connectivity index (χ0v) is 16.2. The fourth-order valence-corrected chi connectivity index (χ4v) is 3.53. The van der Waals surface area contributed by atoms with Crippen LogP contribution in [0.3, 0.4) is 0 Å². The highest BCUT2D eigenvalue weighted by molar-refractivity contribution is 6.33. The first-order chi connectivity index (χ1) is 12.5. The first kappa shape index (κ1) is 18.9. The monoisotopic (exact) mass is 371 g/mol. The Hall–Kier alpha value is -1.88. The van der Waals surface area contributed by atoms with E-state index in [9.17, 15) is 4.79 Å². The number of carbonyl (C=O) groups excluding carboxylic acids is 1. The molecule has 0 radical (unpaired) electrons. The van der Waals surface area contributed by atoms with E-state index >= 15 is 0 Å². The Morgan fingerprint density at radius 1 is 1.04 bits per heavy atom. The van der Waals surface area contributed by atoms with Gasteiger partial charge in [-0.15, -0.1) is 0 Å². The molecule has 1 saturated heterocycles. The zero-order chi connectivity index (χ0) is 18.5. The Balaban J connectivity index is 1.46. The van der Waals surface area contributed by atoms with Crippen molar-refractivity contribution in [3.8, 4) is 0 Å². The van der Waals surface area contributed by atoms with E-state index in [1.54, 1.807) is 0 Å². The van der Waals surface area contributed by atoms with Crippen molar-refractivity contribution in [3.63, 3.8) is 0 Å². The van der Waals surface area contributed by atoms with Crippen LogP contribution in [0, 0.1) is 13.8 Å². The van der Waals surface area contributed by atoms with Crippen molar-refractivity contribution in [1.29, 1.82) is 0 Å². The zero-order valence-electron chi connectivity index (χ0n) is 15.5. The molecule has 2 aromatic rings. The number of nitrogens with one attached hydrogen (secondary N) is 1. The lowest BCUT2D eigenvalue weighted by atomic mass is 10.1. The molecule has 26 heavy (non-hydrogen) atoms. The molecule has 0 aromatic heterocycles. The number of piperazine rings is 1. The maximum absolute atomic E-state index is 12.3. The maximum atomic E-state index is 12.3. The van der Waals surface area contributed by atoms with Gasteiger partial charge in [-0.05, 0) is 42.7 Å². The third-order valence-electron chi connectivity index (χ3n) is 4.89. The van der Waals surface area contributed by atoms with Gasteiger partial charge in [0.15, 0.2) is 0 Å². The summed E-state index contributed by atoms with van der Waals surface area (Å²) in [5, 5.41) is 3.50. The summed E-state index contributed by atoms with van der Waals surface area (Å²) in [6.07, 6.45) is 0. The molecule has 0 bridgehead atoms. The molecule has 4 nitrogen and oxygen atoms in total. The van der Waals surface area contributed by atoms with Gasteiger partial charge in [0.25, 0.3) is 0 Å². The second-order valence-corrected chi connectivity index (χ2v) is 7.42. The Kier molecular flexibility index (Phi) is 6.30. The Labute approximate surface area is 160 Å². The molecule has 1 amide bonds. The fraction of sp³-hybridized carbons (Fsp3) is 0.381. The minimum Gasteiger partial charge on any atom is -0.324 e. The molecule has 2 aromatic carbocycles. The molecule has 0 spiro atoms. The maximum Gasteiger partial charge on any atom is 0.238 e. The van der Waals surface area contributed by atoms with E-state index in [-0.39, 0.29) is 5.91 Å². The second kappa shape index (κ2) is 8.67. The largest absolute Gasteiger partial charge is 0.324 e. The van der Waals surface area contributed by atoms with Gasteiger partial charge in [-0.2, -0.15) is 0 Å². The van der Waals surface area contributed by atoms with Crippen LogP contribution in [0.4, 0.5) is 5.69 Å². The summed E-state index contributed by atoms with van der Waals surface area (Å²) in [4.78, 5) is 17.0. The fourth-order valence-electron chi connectivity index (χ4n) is 3.25. The predicted octanol–water partition coefficient (Wildman–Crippen LogP) is 3.71. The average Bonchev–Trinajstić information content (AvgIpc) is 2.61. The minimum atomic E-state index is -0.0110. The summed E-state index contributed by atoms with van der Waals surface area (Å²) < 4.78 is 0. The summed E-state index contributed by atoms with van der Waals surface area (Å²) in [5.74, 6) is -0.0110. The minimum absolute atomic E-state index is 0.0110. The van der Waals surface area contributed by atoms with Crippen LogP contribution in [-0.4, -0.2) is 48.4 Å². The number of aryl methyl sites for hydroxylation is 2. The van der Waals surface area contributed by atoms with Crippen molar-refractivity contribution in [1.82, 2.24) is 9.80 Å². The van der Waals surface area contributed by atoms with Crippen LogP contribution in [0.5, 0.6) is 0 Å².